The van der Waals surface area contributed by atoms with Gasteiger partial charge in [-0.2, -0.15) is 0 Å². The Kier molecular flexibility index (Phi) is 3.85. The molecule has 2 rings (SSSR count). The van der Waals surface area contributed by atoms with E-state index in [2.05, 4.69) is 0 Å². The van der Waals surface area contributed by atoms with Gasteiger partial charge in [-0.25, -0.2) is 0 Å². The van der Waals surface area contributed by atoms with Gasteiger partial charge in [-0.05, 0) is 19.1 Å². The summed E-state index contributed by atoms with van der Waals surface area (Å²) in [5.74, 6) is 1.01. The molecule has 1 aromatic carbocycles. The molecule has 86 valence electrons. The van der Waals surface area contributed by atoms with Gasteiger partial charge >= 0.3 is 0 Å². The predicted molar refractivity (Wildman–Crippen MR) is 65.4 cm³/mol. The molecule has 1 heterocycles. The molecule has 1 aromatic rings. The van der Waals surface area contributed by atoms with Crippen LogP contribution < -0.4 is 0 Å². The van der Waals surface area contributed by atoms with E-state index in [-0.39, 0.29) is 11.5 Å². The first kappa shape index (κ1) is 11.5. The first-order valence-electron chi connectivity index (χ1n) is 5.42. The molecule has 1 unspecified atom stereocenters. The maximum absolute atomic E-state index is 12.2. The van der Waals surface area contributed by atoms with E-state index in [9.17, 15) is 4.79 Å². The number of benzene rings is 1. The monoisotopic (exact) mass is 237 g/mol. The second kappa shape index (κ2) is 5.37. The number of hydrogen-bond acceptors (Lipinski definition) is 3. The molecule has 0 aliphatic carbocycles. The fourth-order valence-corrected chi connectivity index (χ4v) is 2.79. The van der Waals surface area contributed by atoms with Crippen LogP contribution in [0.3, 0.4) is 0 Å². The summed E-state index contributed by atoms with van der Waals surface area (Å²) in [5.41, 5.74) is 0.618. The van der Waals surface area contributed by atoms with Crippen molar-refractivity contribution >= 4 is 17.7 Å². The molecule has 0 saturated carbocycles. The van der Waals surface area contributed by atoms with Crippen molar-refractivity contribution < 1.29 is 9.53 Å². The van der Waals surface area contributed by atoms with Crippen LogP contribution in [0.15, 0.2) is 30.3 Å². The number of carbonyl (C=O) groups is 1. The summed E-state index contributed by atoms with van der Waals surface area (Å²) in [6, 6.07) is 9.36. The van der Waals surface area contributed by atoms with E-state index >= 15 is 0 Å². The first-order valence-corrected chi connectivity index (χ1v) is 6.47. The van der Waals surface area contributed by atoms with Crippen molar-refractivity contribution in [2.75, 3.05) is 18.9 Å². The van der Waals surface area contributed by atoms with Gasteiger partial charge in [0.15, 0.2) is 5.56 Å². The van der Waals surface area contributed by atoms with Crippen LogP contribution in [-0.4, -0.2) is 35.3 Å². The number of ether oxygens (including phenoxy) is 1. The van der Waals surface area contributed by atoms with Crippen molar-refractivity contribution in [1.82, 2.24) is 4.90 Å². The van der Waals surface area contributed by atoms with Crippen molar-refractivity contribution in [1.29, 1.82) is 0 Å². The zero-order chi connectivity index (χ0) is 11.4. The lowest BCUT2D eigenvalue weighted by molar-refractivity contribution is 0.0179. The zero-order valence-corrected chi connectivity index (χ0v) is 10.1. The van der Waals surface area contributed by atoms with Crippen molar-refractivity contribution in [2.45, 2.75) is 12.5 Å². The van der Waals surface area contributed by atoms with E-state index < -0.39 is 0 Å². The highest BCUT2D eigenvalue weighted by atomic mass is 32.2. The minimum Gasteiger partial charge on any atom is -0.349 e. The van der Waals surface area contributed by atoms with Gasteiger partial charge in [0.2, 0.25) is 0 Å². The van der Waals surface area contributed by atoms with Crippen LogP contribution in [-0.2, 0) is 4.74 Å². The first-order chi connectivity index (χ1) is 7.83. The molecular weight excluding hydrogens is 222 g/mol. The van der Waals surface area contributed by atoms with Gasteiger partial charge in [0.1, 0.15) is 0 Å². The van der Waals surface area contributed by atoms with Crippen LogP contribution in [0.25, 0.3) is 0 Å². The number of rotatable bonds is 3. The molecule has 1 aliphatic rings. The lowest BCUT2D eigenvalue weighted by atomic mass is 10.2. The van der Waals surface area contributed by atoms with Gasteiger partial charge in [-0.3, -0.25) is 4.79 Å². The average Bonchev–Trinajstić information content (AvgIpc) is 2.78. The van der Waals surface area contributed by atoms with Gasteiger partial charge in [0, 0.05) is 24.5 Å². The van der Waals surface area contributed by atoms with Crippen molar-refractivity contribution in [3.05, 3.63) is 35.9 Å². The minimum absolute atomic E-state index is 0.0593. The second-order valence-corrected chi connectivity index (χ2v) is 4.64. The van der Waals surface area contributed by atoms with Crippen LogP contribution in [0.2, 0.25) is 0 Å². The molecule has 3 nitrogen and oxygen atoms in total. The predicted octanol–water partition coefficient (Wildman–Crippen LogP) is 2.20. The summed E-state index contributed by atoms with van der Waals surface area (Å²) >= 11 is 1.68. The van der Waals surface area contributed by atoms with Gasteiger partial charge < -0.3 is 9.64 Å². The third-order valence-corrected chi connectivity index (χ3v) is 3.53. The quantitative estimate of drug-likeness (QED) is 0.807. The van der Waals surface area contributed by atoms with E-state index in [0.717, 1.165) is 17.9 Å². The summed E-state index contributed by atoms with van der Waals surface area (Å²) in [6.45, 7) is 3.35. The molecule has 1 aliphatic heterocycles. The van der Waals surface area contributed by atoms with Gasteiger partial charge in [-0.15, -0.1) is 11.8 Å². The highest BCUT2D eigenvalue weighted by Gasteiger charge is 2.30. The SMILES string of the molecule is CCOC1SCCN1C(=O)c1ccccc1. The zero-order valence-electron chi connectivity index (χ0n) is 9.26. The highest BCUT2D eigenvalue weighted by molar-refractivity contribution is 8.00. The largest absolute Gasteiger partial charge is 0.349 e. The molecule has 0 bridgehead atoms. The van der Waals surface area contributed by atoms with Crippen LogP contribution >= 0.6 is 11.8 Å². The number of thioether (sulfide) groups is 1. The summed E-state index contributed by atoms with van der Waals surface area (Å²) in [4.78, 5) is 14.0. The Hall–Kier alpha value is -1.00. The Morgan fingerprint density at radius 2 is 2.25 bits per heavy atom. The van der Waals surface area contributed by atoms with Crippen LogP contribution in [0.5, 0.6) is 0 Å². The molecule has 1 fully saturated rings. The number of carbonyl (C=O) groups excluding carboxylic acids is 1. The third kappa shape index (κ3) is 2.39. The van der Waals surface area contributed by atoms with E-state index in [1.165, 1.54) is 0 Å². The Morgan fingerprint density at radius 3 is 2.94 bits per heavy atom. The molecular formula is C12H15NO2S. The second-order valence-electron chi connectivity index (χ2n) is 3.50. The fourth-order valence-electron chi connectivity index (χ4n) is 1.67. The maximum Gasteiger partial charge on any atom is 0.256 e. The molecule has 16 heavy (non-hydrogen) atoms. The van der Waals surface area contributed by atoms with Crippen LogP contribution in [0.1, 0.15) is 17.3 Å². The summed E-state index contributed by atoms with van der Waals surface area (Å²) < 4.78 is 5.53. The van der Waals surface area contributed by atoms with Crippen molar-refractivity contribution in [3.63, 3.8) is 0 Å². The Bertz CT molecular complexity index is 355. The summed E-state index contributed by atoms with van der Waals surface area (Å²) in [6.07, 6.45) is 0. The molecule has 0 radical (unpaired) electrons. The highest BCUT2D eigenvalue weighted by Crippen LogP contribution is 2.26. The van der Waals surface area contributed by atoms with E-state index in [1.807, 2.05) is 37.3 Å². The lowest BCUT2D eigenvalue weighted by Crippen LogP contribution is -2.36. The van der Waals surface area contributed by atoms with E-state index in [0.29, 0.717) is 6.61 Å². The van der Waals surface area contributed by atoms with E-state index in [4.69, 9.17) is 4.74 Å². The molecule has 0 spiro atoms. The van der Waals surface area contributed by atoms with Crippen molar-refractivity contribution in [3.8, 4) is 0 Å². The van der Waals surface area contributed by atoms with Crippen LogP contribution in [0.4, 0.5) is 0 Å². The minimum atomic E-state index is -0.113. The maximum atomic E-state index is 12.2. The molecule has 1 saturated heterocycles. The molecule has 4 heteroatoms. The average molecular weight is 237 g/mol. The summed E-state index contributed by atoms with van der Waals surface area (Å²) in [5, 5.41) is 0. The molecule has 0 N–H and O–H groups in total. The third-order valence-electron chi connectivity index (χ3n) is 2.44. The number of amides is 1. The Morgan fingerprint density at radius 1 is 1.50 bits per heavy atom. The molecule has 1 amide bonds. The normalized spacial score (nSPS) is 20.1. The standard InChI is InChI=1S/C12H15NO2S/c1-2-15-12-13(8-9-16-12)11(14)10-6-4-3-5-7-10/h3-7,12H,2,8-9H2,1H3. The van der Waals surface area contributed by atoms with Crippen molar-refractivity contribution in [2.24, 2.45) is 0 Å². The smallest absolute Gasteiger partial charge is 0.256 e. The Labute approximate surface area is 99.8 Å². The Balaban J connectivity index is 2.09. The summed E-state index contributed by atoms with van der Waals surface area (Å²) in [7, 11) is 0. The molecule has 1 atom stereocenters. The van der Waals surface area contributed by atoms with Crippen LogP contribution in [0, 0.1) is 0 Å². The number of nitrogens with zero attached hydrogens (tertiary/aromatic N) is 1. The van der Waals surface area contributed by atoms with Gasteiger partial charge in [0.05, 0.1) is 0 Å². The van der Waals surface area contributed by atoms with Gasteiger partial charge in [0.25, 0.3) is 5.91 Å². The topological polar surface area (TPSA) is 29.5 Å². The lowest BCUT2D eigenvalue weighted by Gasteiger charge is -2.23. The van der Waals surface area contributed by atoms with Gasteiger partial charge in [-0.1, -0.05) is 18.2 Å². The number of hydrogen-bond donors (Lipinski definition) is 0. The fraction of sp³-hybridized carbons (Fsp3) is 0.417. The molecule has 0 aromatic heterocycles. The van der Waals surface area contributed by atoms with E-state index in [1.54, 1.807) is 16.7 Å².